The van der Waals surface area contributed by atoms with E-state index in [-0.39, 0.29) is 12.3 Å². The van der Waals surface area contributed by atoms with Gasteiger partial charge in [0.2, 0.25) is 5.91 Å². The number of H-pyrrole nitrogens is 1. The molecule has 2 aromatic heterocycles. The lowest BCUT2D eigenvalue weighted by Gasteiger charge is -2.09. The fourth-order valence-corrected chi connectivity index (χ4v) is 4.67. The van der Waals surface area contributed by atoms with Crippen molar-refractivity contribution in [2.75, 3.05) is 5.75 Å². The van der Waals surface area contributed by atoms with Crippen LogP contribution in [-0.2, 0) is 11.3 Å². The maximum atomic E-state index is 12.2. The first-order valence-electron chi connectivity index (χ1n) is 10.9. The van der Waals surface area contributed by atoms with E-state index in [9.17, 15) is 9.59 Å². The Hall–Kier alpha value is -3.59. The Kier molecular flexibility index (Phi) is 6.12. The second-order valence-electron chi connectivity index (χ2n) is 7.97. The minimum atomic E-state index is -0.489. The molecule has 3 N–H and O–H groups in total. The molecule has 0 radical (unpaired) electrons. The number of nitrogens with one attached hydrogen (secondary N) is 3. The van der Waals surface area contributed by atoms with Gasteiger partial charge < -0.3 is 10.3 Å². The van der Waals surface area contributed by atoms with Crippen molar-refractivity contribution in [1.29, 1.82) is 0 Å². The fourth-order valence-electron chi connectivity index (χ4n) is 3.72. The first-order chi connectivity index (χ1) is 16.2. The van der Waals surface area contributed by atoms with Gasteiger partial charge in [-0.15, -0.1) is 10.2 Å². The molecule has 9 heteroatoms. The van der Waals surface area contributed by atoms with E-state index >= 15 is 0 Å². The van der Waals surface area contributed by atoms with Gasteiger partial charge in [-0.2, -0.15) is 0 Å². The molecule has 1 saturated carbocycles. The van der Waals surface area contributed by atoms with Gasteiger partial charge in [-0.3, -0.25) is 14.7 Å². The van der Waals surface area contributed by atoms with E-state index in [0.717, 1.165) is 45.9 Å². The molecule has 5 rings (SSSR count). The van der Waals surface area contributed by atoms with Gasteiger partial charge in [-0.05, 0) is 24.5 Å². The molecule has 2 aromatic carbocycles. The molecule has 0 saturated heterocycles. The molecule has 1 aliphatic rings. The van der Waals surface area contributed by atoms with Crippen molar-refractivity contribution in [3.8, 4) is 11.4 Å². The highest BCUT2D eigenvalue weighted by atomic mass is 32.2. The Balaban J connectivity index is 1.18. The lowest BCUT2D eigenvalue weighted by atomic mass is 10.1. The predicted octanol–water partition coefficient (Wildman–Crippen LogP) is 4.27. The summed E-state index contributed by atoms with van der Waals surface area (Å²) in [6, 6.07) is 17.6. The fraction of sp³-hybridized carbons (Fsp3) is 0.250. The zero-order valence-electron chi connectivity index (χ0n) is 18.0. The van der Waals surface area contributed by atoms with Crippen molar-refractivity contribution in [2.24, 2.45) is 0 Å². The maximum absolute atomic E-state index is 12.2. The van der Waals surface area contributed by atoms with Gasteiger partial charge in [0.25, 0.3) is 0 Å². The molecule has 1 aliphatic carbocycles. The zero-order chi connectivity index (χ0) is 22.6. The van der Waals surface area contributed by atoms with E-state index in [4.69, 9.17) is 0 Å². The third kappa shape index (κ3) is 4.93. The van der Waals surface area contributed by atoms with Gasteiger partial charge in [0.1, 0.15) is 0 Å². The van der Waals surface area contributed by atoms with E-state index in [0.29, 0.717) is 18.3 Å². The first-order valence-corrected chi connectivity index (χ1v) is 11.9. The molecule has 3 amide bonds. The number of carbonyl (C=O) groups excluding carboxylic acids is 2. The molecule has 33 heavy (non-hydrogen) atoms. The molecule has 0 aliphatic heterocycles. The number of rotatable bonds is 8. The van der Waals surface area contributed by atoms with Crippen molar-refractivity contribution in [3.63, 3.8) is 0 Å². The van der Waals surface area contributed by atoms with Crippen molar-refractivity contribution in [3.05, 3.63) is 66.4 Å². The molecule has 0 atom stereocenters. The first kappa shape index (κ1) is 21.3. The number of hydrogen-bond donors (Lipinski definition) is 3. The van der Waals surface area contributed by atoms with Crippen LogP contribution < -0.4 is 10.6 Å². The number of benzene rings is 2. The van der Waals surface area contributed by atoms with Crippen LogP contribution in [0, 0.1) is 0 Å². The second-order valence-corrected chi connectivity index (χ2v) is 9.03. The topological polar surface area (TPSA) is 105 Å². The van der Waals surface area contributed by atoms with Crippen LogP contribution in [0.4, 0.5) is 4.79 Å². The Morgan fingerprint density at radius 3 is 2.67 bits per heavy atom. The molecule has 0 unspecified atom stereocenters. The van der Waals surface area contributed by atoms with Crippen LogP contribution in [0.3, 0.4) is 0 Å². The van der Waals surface area contributed by atoms with Crippen molar-refractivity contribution in [2.45, 2.75) is 37.0 Å². The monoisotopic (exact) mass is 460 g/mol. The number of urea groups is 1. The summed E-state index contributed by atoms with van der Waals surface area (Å²) in [7, 11) is 0. The summed E-state index contributed by atoms with van der Waals surface area (Å²) in [5, 5.41) is 15.9. The Labute approximate surface area is 195 Å². The highest BCUT2D eigenvalue weighted by Crippen LogP contribution is 2.42. The van der Waals surface area contributed by atoms with Crippen LogP contribution in [0.25, 0.3) is 22.3 Å². The summed E-state index contributed by atoms with van der Waals surface area (Å²) in [5.74, 6) is 1.04. The molecule has 8 nitrogen and oxygen atoms in total. The van der Waals surface area contributed by atoms with Gasteiger partial charge in [-0.25, -0.2) is 4.79 Å². The highest BCUT2D eigenvalue weighted by molar-refractivity contribution is 7.99. The van der Waals surface area contributed by atoms with Gasteiger partial charge in [-0.1, -0.05) is 60.3 Å². The molecular formula is C24H24N6O2S. The Morgan fingerprint density at radius 1 is 1.06 bits per heavy atom. The minimum Gasteiger partial charge on any atom is -0.360 e. The van der Waals surface area contributed by atoms with E-state index in [1.54, 1.807) is 0 Å². The number of carbonyl (C=O) groups is 2. The minimum absolute atomic E-state index is 0.212. The van der Waals surface area contributed by atoms with Crippen LogP contribution in [0.5, 0.6) is 0 Å². The van der Waals surface area contributed by atoms with Crippen LogP contribution in [0.1, 0.15) is 30.9 Å². The van der Waals surface area contributed by atoms with Crippen molar-refractivity contribution >= 4 is 34.6 Å². The quantitative estimate of drug-likeness (QED) is 0.341. The lowest BCUT2D eigenvalue weighted by Crippen LogP contribution is -2.39. The lowest BCUT2D eigenvalue weighted by molar-refractivity contribution is -0.119. The average molecular weight is 461 g/mol. The van der Waals surface area contributed by atoms with Crippen LogP contribution >= 0.6 is 11.8 Å². The molecule has 4 aromatic rings. The normalized spacial score (nSPS) is 13.2. The highest BCUT2D eigenvalue weighted by Gasteiger charge is 2.31. The van der Waals surface area contributed by atoms with E-state index < -0.39 is 6.03 Å². The summed E-state index contributed by atoms with van der Waals surface area (Å²) < 4.78 is 2.19. The van der Waals surface area contributed by atoms with E-state index in [1.165, 1.54) is 11.8 Å². The predicted molar refractivity (Wildman–Crippen MR) is 128 cm³/mol. The summed E-state index contributed by atoms with van der Waals surface area (Å²) in [6.07, 6.45) is 4.39. The molecular weight excluding hydrogens is 436 g/mol. The third-order valence-corrected chi connectivity index (χ3v) is 6.46. The number of aromatic amines is 1. The Bertz CT molecular complexity index is 1280. The number of imide groups is 1. The third-order valence-electron chi connectivity index (χ3n) is 5.52. The summed E-state index contributed by atoms with van der Waals surface area (Å²) >= 11 is 1.49. The number of amides is 3. The summed E-state index contributed by atoms with van der Waals surface area (Å²) in [5.41, 5.74) is 3.07. The maximum Gasteiger partial charge on any atom is 0.321 e. The van der Waals surface area contributed by atoms with Crippen molar-refractivity contribution < 1.29 is 9.59 Å². The van der Waals surface area contributed by atoms with Gasteiger partial charge >= 0.3 is 6.03 Å². The number of para-hydroxylation sites is 1. The smallest absolute Gasteiger partial charge is 0.321 e. The second kappa shape index (κ2) is 9.50. The van der Waals surface area contributed by atoms with Gasteiger partial charge in [0.15, 0.2) is 11.0 Å². The zero-order valence-corrected chi connectivity index (χ0v) is 18.8. The van der Waals surface area contributed by atoms with Crippen molar-refractivity contribution in [1.82, 2.24) is 30.4 Å². The number of thioether (sulfide) groups is 1. The van der Waals surface area contributed by atoms with E-state index in [1.807, 2.05) is 54.7 Å². The molecule has 0 bridgehead atoms. The van der Waals surface area contributed by atoms with Crippen LogP contribution in [0.15, 0.2) is 66.0 Å². The number of fused-ring (bicyclic) bond motifs is 1. The van der Waals surface area contributed by atoms with Gasteiger partial charge in [0.05, 0.1) is 0 Å². The molecule has 2 heterocycles. The number of aromatic nitrogens is 4. The standard InChI is InChI=1S/C24H24N6O2S/c31-21(27-23(32)26-14-16-6-2-1-3-7-16)12-13-33-24-29-28-22(30(24)17-10-11-17)19-15-25-20-9-5-4-8-18(19)20/h1-9,15,17,25H,10-14H2,(H2,26,27,31,32). The SMILES string of the molecule is O=C(CCSc1nnc(-c2c[nH]c3ccccc23)n1C1CC1)NC(=O)NCc1ccccc1. The largest absolute Gasteiger partial charge is 0.360 e. The molecule has 168 valence electrons. The molecule has 1 fully saturated rings. The van der Waals surface area contributed by atoms with E-state index in [2.05, 4.69) is 36.4 Å². The summed E-state index contributed by atoms with van der Waals surface area (Å²) in [6.45, 7) is 0.371. The van der Waals surface area contributed by atoms with Crippen LogP contribution in [0.2, 0.25) is 0 Å². The summed E-state index contributed by atoms with van der Waals surface area (Å²) in [4.78, 5) is 27.5. The average Bonchev–Trinajstić information content (AvgIpc) is 3.44. The van der Waals surface area contributed by atoms with Crippen LogP contribution in [-0.4, -0.2) is 37.4 Å². The molecule has 0 spiro atoms. The number of hydrogen-bond acceptors (Lipinski definition) is 5. The Morgan fingerprint density at radius 2 is 1.85 bits per heavy atom. The number of nitrogens with zero attached hydrogens (tertiary/aromatic N) is 3. The van der Waals surface area contributed by atoms with Gasteiger partial charge in [0, 0.05) is 47.4 Å².